The van der Waals surface area contributed by atoms with Crippen molar-refractivity contribution < 1.29 is 23.1 Å². The van der Waals surface area contributed by atoms with Crippen LogP contribution in [0.15, 0.2) is 34.2 Å². The van der Waals surface area contributed by atoms with Crippen LogP contribution in [-0.2, 0) is 19.6 Å². The SMILES string of the molecule is CC(CC(=O)N(CC(=O)O)C(C)C)N=C1NS(=O)(=O)c2ccccc21. The minimum atomic E-state index is -3.63. The van der Waals surface area contributed by atoms with E-state index in [4.69, 9.17) is 5.11 Å². The van der Waals surface area contributed by atoms with Crippen molar-refractivity contribution in [2.75, 3.05) is 6.54 Å². The molecular formula is C16H21N3O5S. The van der Waals surface area contributed by atoms with E-state index >= 15 is 0 Å². The first-order valence-electron chi connectivity index (χ1n) is 7.83. The zero-order valence-corrected chi connectivity index (χ0v) is 15.1. The predicted molar refractivity (Wildman–Crippen MR) is 91.9 cm³/mol. The third-order valence-corrected chi connectivity index (χ3v) is 5.13. The van der Waals surface area contributed by atoms with Gasteiger partial charge in [-0.25, -0.2) is 8.42 Å². The highest BCUT2D eigenvalue weighted by Crippen LogP contribution is 2.23. The Balaban J connectivity index is 2.17. The molecule has 0 fully saturated rings. The van der Waals surface area contributed by atoms with Gasteiger partial charge < -0.3 is 10.0 Å². The van der Waals surface area contributed by atoms with E-state index in [1.165, 1.54) is 11.0 Å². The van der Waals surface area contributed by atoms with E-state index in [2.05, 4.69) is 9.71 Å². The van der Waals surface area contributed by atoms with Crippen LogP contribution < -0.4 is 4.72 Å². The molecule has 1 aromatic carbocycles. The summed E-state index contributed by atoms with van der Waals surface area (Å²) >= 11 is 0. The molecule has 1 heterocycles. The highest BCUT2D eigenvalue weighted by atomic mass is 32.2. The lowest BCUT2D eigenvalue weighted by Gasteiger charge is -2.25. The number of amidine groups is 1. The van der Waals surface area contributed by atoms with Crippen LogP contribution in [0.2, 0.25) is 0 Å². The van der Waals surface area contributed by atoms with Crippen LogP contribution >= 0.6 is 0 Å². The maximum atomic E-state index is 12.3. The van der Waals surface area contributed by atoms with Crippen LogP contribution in [0.25, 0.3) is 0 Å². The van der Waals surface area contributed by atoms with E-state index in [9.17, 15) is 18.0 Å². The second kappa shape index (κ2) is 7.22. The molecule has 1 aliphatic heterocycles. The standard InChI is InChI=1S/C16H21N3O5S/c1-10(2)19(9-15(21)22)14(20)8-11(3)17-16-12-6-4-5-7-13(12)25(23,24)18-16/h4-7,10-11H,8-9H2,1-3H3,(H,17,18)(H,21,22). The second-order valence-electron chi connectivity index (χ2n) is 6.14. The van der Waals surface area contributed by atoms with Crippen LogP contribution in [0.3, 0.4) is 0 Å². The van der Waals surface area contributed by atoms with Crippen molar-refractivity contribution in [3.05, 3.63) is 29.8 Å². The minimum absolute atomic E-state index is 0.0150. The number of aliphatic imine (C=N–C) groups is 1. The van der Waals surface area contributed by atoms with E-state index in [-0.39, 0.29) is 35.6 Å². The third-order valence-electron chi connectivity index (χ3n) is 3.73. The molecule has 1 atom stereocenters. The number of benzene rings is 1. The van der Waals surface area contributed by atoms with Crippen LogP contribution in [0, 0.1) is 0 Å². The summed E-state index contributed by atoms with van der Waals surface area (Å²) in [7, 11) is -3.63. The summed E-state index contributed by atoms with van der Waals surface area (Å²) in [6, 6.07) is 5.70. The molecule has 0 aromatic heterocycles. The largest absolute Gasteiger partial charge is 0.480 e. The fourth-order valence-corrected chi connectivity index (χ4v) is 3.81. The highest BCUT2D eigenvalue weighted by Gasteiger charge is 2.31. The van der Waals surface area contributed by atoms with Gasteiger partial charge in [-0.3, -0.25) is 19.3 Å². The molecule has 2 N–H and O–H groups in total. The maximum Gasteiger partial charge on any atom is 0.323 e. The molecule has 1 aromatic rings. The fourth-order valence-electron chi connectivity index (χ4n) is 2.57. The Kier molecular flexibility index (Phi) is 5.46. The smallest absolute Gasteiger partial charge is 0.323 e. The fraction of sp³-hybridized carbons (Fsp3) is 0.438. The summed E-state index contributed by atoms with van der Waals surface area (Å²) in [5.41, 5.74) is 0.466. The zero-order chi connectivity index (χ0) is 18.8. The third kappa shape index (κ3) is 4.36. The second-order valence-corrected chi connectivity index (χ2v) is 7.79. The average molecular weight is 367 g/mol. The number of carboxylic acid groups (broad SMARTS) is 1. The zero-order valence-electron chi connectivity index (χ0n) is 14.3. The van der Waals surface area contributed by atoms with Gasteiger partial charge in [0.15, 0.2) is 0 Å². The van der Waals surface area contributed by atoms with Gasteiger partial charge in [-0.05, 0) is 32.9 Å². The Morgan fingerprint density at radius 1 is 1.24 bits per heavy atom. The summed E-state index contributed by atoms with van der Waals surface area (Å²) in [5, 5.41) is 8.91. The maximum absolute atomic E-state index is 12.3. The molecular weight excluding hydrogens is 346 g/mol. The van der Waals surface area contributed by atoms with Crippen molar-refractivity contribution in [3.63, 3.8) is 0 Å². The Labute approximate surface area is 146 Å². The molecule has 1 amide bonds. The van der Waals surface area contributed by atoms with E-state index in [1.54, 1.807) is 39.0 Å². The molecule has 1 unspecified atom stereocenters. The quantitative estimate of drug-likeness (QED) is 0.772. The van der Waals surface area contributed by atoms with Crippen LogP contribution in [-0.4, -0.2) is 54.8 Å². The molecule has 9 heteroatoms. The summed E-state index contributed by atoms with van der Waals surface area (Å²) in [6.07, 6.45) is -0.0150. The topological polar surface area (TPSA) is 116 Å². The van der Waals surface area contributed by atoms with E-state index < -0.39 is 22.0 Å². The van der Waals surface area contributed by atoms with Crippen LogP contribution in [0.4, 0.5) is 0 Å². The first-order valence-corrected chi connectivity index (χ1v) is 9.31. The lowest BCUT2D eigenvalue weighted by Crippen LogP contribution is -2.41. The Morgan fingerprint density at radius 3 is 2.48 bits per heavy atom. The number of fused-ring (bicyclic) bond motifs is 1. The molecule has 136 valence electrons. The number of carbonyl (C=O) groups excluding carboxylic acids is 1. The number of nitrogens with zero attached hydrogens (tertiary/aromatic N) is 2. The van der Waals surface area contributed by atoms with Crippen LogP contribution in [0.5, 0.6) is 0 Å². The first-order chi connectivity index (χ1) is 11.6. The van der Waals surface area contributed by atoms with Crippen molar-refractivity contribution in [3.8, 4) is 0 Å². The average Bonchev–Trinajstić information content (AvgIpc) is 2.75. The molecule has 0 saturated heterocycles. The van der Waals surface area contributed by atoms with Gasteiger partial charge in [0.2, 0.25) is 5.91 Å². The summed E-state index contributed by atoms with van der Waals surface area (Å²) in [6.45, 7) is 4.77. The van der Waals surface area contributed by atoms with Gasteiger partial charge >= 0.3 is 5.97 Å². The van der Waals surface area contributed by atoms with Gasteiger partial charge in [0.05, 0.1) is 10.9 Å². The van der Waals surface area contributed by atoms with Crippen molar-refractivity contribution >= 4 is 27.7 Å². The molecule has 8 nitrogen and oxygen atoms in total. The number of aliphatic carboxylic acids is 1. The Morgan fingerprint density at radius 2 is 1.88 bits per heavy atom. The first kappa shape index (κ1) is 18.9. The van der Waals surface area contributed by atoms with Gasteiger partial charge in [0, 0.05) is 18.0 Å². The van der Waals surface area contributed by atoms with Gasteiger partial charge in [0.25, 0.3) is 10.0 Å². The Bertz CT molecular complexity index is 817. The van der Waals surface area contributed by atoms with Crippen LogP contribution in [0.1, 0.15) is 32.8 Å². The number of carboxylic acids is 1. The van der Waals surface area contributed by atoms with Gasteiger partial charge in [-0.1, -0.05) is 12.1 Å². The van der Waals surface area contributed by atoms with E-state index in [1.807, 2.05) is 0 Å². The highest BCUT2D eigenvalue weighted by molar-refractivity contribution is 7.90. The van der Waals surface area contributed by atoms with Crippen molar-refractivity contribution in [2.24, 2.45) is 4.99 Å². The molecule has 1 aliphatic rings. The lowest BCUT2D eigenvalue weighted by molar-refractivity contribution is -0.145. The van der Waals surface area contributed by atoms with Crippen molar-refractivity contribution in [1.82, 2.24) is 9.62 Å². The molecule has 0 spiro atoms. The number of amides is 1. The molecule has 25 heavy (non-hydrogen) atoms. The molecule has 0 aliphatic carbocycles. The number of hydrogen-bond donors (Lipinski definition) is 2. The number of hydrogen-bond acceptors (Lipinski definition) is 5. The molecule has 0 bridgehead atoms. The lowest BCUT2D eigenvalue weighted by atomic mass is 10.1. The summed E-state index contributed by atoms with van der Waals surface area (Å²) in [4.78, 5) is 28.9. The van der Waals surface area contributed by atoms with Gasteiger partial charge in [-0.15, -0.1) is 0 Å². The number of nitrogens with one attached hydrogen (secondary N) is 1. The van der Waals surface area contributed by atoms with E-state index in [0.29, 0.717) is 5.56 Å². The number of sulfonamides is 1. The number of rotatable bonds is 6. The minimum Gasteiger partial charge on any atom is -0.480 e. The summed E-state index contributed by atoms with van der Waals surface area (Å²) < 4.78 is 26.5. The van der Waals surface area contributed by atoms with E-state index in [0.717, 1.165) is 0 Å². The molecule has 2 rings (SSSR count). The van der Waals surface area contributed by atoms with Crippen molar-refractivity contribution in [1.29, 1.82) is 0 Å². The summed E-state index contributed by atoms with van der Waals surface area (Å²) in [5.74, 6) is -1.23. The number of carbonyl (C=O) groups is 2. The molecule has 0 radical (unpaired) electrons. The molecule has 0 saturated carbocycles. The Hall–Kier alpha value is -2.42. The van der Waals surface area contributed by atoms with Gasteiger partial charge in [0.1, 0.15) is 12.4 Å². The van der Waals surface area contributed by atoms with Crippen molar-refractivity contribution in [2.45, 2.75) is 44.2 Å². The monoisotopic (exact) mass is 367 g/mol. The normalized spacial score (nSPS) is 17.8. The predicted octanol–water partition coefficient (Wildman–Crippen LogP) is 0.825. The van der Waals surface area contributed by atoms with Gasteiger partial charge in [-0.2, -0.15) is 0 Å².